The lowest BCUT2D eigenvalue weighted by atomic mass is 10.1. The molecule has 0 bridgehead atoms. The van der Waals surface area contributed by atoms with Crippen LogP contribution in [0.3, 0.4) is 0 Å². The molecule has 6 nitrogen and oxygen atoms in total. The predicted molar refractivity (Wildman–Crippen MR) is 70.2 cm³/mol. The van der Waals surface area contributed by atoms with Gasteiger partial charge in [-0.05, 0) is 25.8 Å². The van der Waals surface area contributed by atoms with E-state index in [0.29, 0.717) is 12.6 Å². The van der Waals surface area contributed by atoms with E-state index < -0.39 is 16.3 Å². The van der Waals surface area contributed by atoms with Gasteiger partial charge in [0.05, 0.1) is 4.92 Å². The molecule has 0 aliphatic heterocycles. The van der Waals surface area contributed by atoms with E-state index in [9.17, 15) is 19.6 Å². The van der Waals surface area contributed by atoms with Crippen LogP contribution in [0.1, 0.15) is 19.8 Å². The summed E-state index contributed by atoms with van der Waals surface area (Å²) in [5, 5.41) is 24.1. The molecule has 0 heterocycles. The summed E-state index contributed by atoms with van der Waals surface area (Å²) in [5.74, 6) is -0.803. The van der Waals surface area contributed by atoms with Crippen LogP contribution in [0.25, 0.3) is 0 Å². The number of hydrogen-bond donors (Lipinski definition) is 2. The Morgan fingerprint density at radius 1 is 1.60 bits per heavy atom. The number of nitro groups is 1. The molecule has 7 heteroatoms. The zero-order valence-corrected chi connectivity index (χ0v) is 11.1. The van der Waals surface area contributed by atoms with E-state index in [1.807, 2.05) is 0 Å². The second kappa shape index (κ2) is 5.72. The van der Waals surface area contributed by atoms with Crippen molar-refractivity contribution in [1.29, 1.82) is 0 Å². The van der Waals surface area contributed by atoms with Gasteiger partial charge in [0.1, 0.15) is 18.0 Å². The Balaban J connectivity index is 1.97. The molecule has 0 radical (unpaired) electrons. The third-order valence-corrected chi connectivity index (χ3v) is 3.01. The first-order valence-corrected chi connectivity index (χ1v) is 6.40. The predicted octanol–water partition coefficient (Wildman–Crippen LogP) is 1.62. The first kappa shape index (κ1) is 14.7. The maximum Gasteiger partial charge on any atom is 0.311 e. The second-order valence-corrected chi connectivity index (χ2v) is 5.31. The van der Waals surface area contributed by atoms with E-state index in [2.05, 4.69) is 5.32 Å². The highest BCUT2D eigenvalue weighted by atomic mass is 19.1. The largest absolute Gasteiger partial charge is 0.484 e. The van der Waals surface area contributed by atoms with Crippen LogP contribution in [0.5, 0.6) is 5.75 Å². The van der Waals surface area contributed by atoms with Gasteiger partial charge < -0.3 is 15.2 Å². The maximum absolute atomic E-state index is 13.1. The molecular weight excluding hydrogens is 267 g/mol. The molecule has 1 fully saturated rings. The number of rotatable bonds is 7. The van der Waals surface area contributed by atoms with Crippen LogP contribution >= 0.6 is 0 Å². The molecule has 1 saturated carbocycles. The average Bonchev–Trinajstić information content (AvgIpc) is 3.18. The highest BCUT2D eigenvalue weighted by molar-refractivity contribution is 5.46. The standard InChI is InChI=1S/C13H17FN2O4/c1-13(17,7-15-10-3-4-10)8-20-12-6-9(14)2-5-11(12)16(18)19/h2,5-6,10,15,17H,3-4,7-8H2,1H3. The fraction of sp³-hybridized carbons (Fsp3) is 0.538. The maximum atomic E-state index is 13.1. The molecule has 1 aromatic carbocycles. The quantitative estimate of drug-likeness (QED) is 0.587. The smallest absolute Gasteiger partial charge is 0.311 e. The number of halogens is 1. The molecule has 1 aliphatic rings. The SMILES string of the molecule is CC(O)(CNC1CC1)COc1cc(F)ccc1[N+](=O)[O-]. The highest BCUT2D eigenvalue weighted by Gasteiger charge is 2.28. The average molecular weight is 284 g/mol. The van der Waals surface area contributed by atoms with Crippen molar-refractivity contribution in [3.8, 4) is 5.75 Å². The van der Waals surface area contributed by atoms with Gasteiger partial charge in [0.15, 0.2) is 5.75 Å². The summed E-state index contributed by atoms with van der Waals surface area (Å²) in [6.07, 6.45) is 2.18. The van der Waals surface area contributed by atoms with Crippen molar-refractivity contribution in [3.63, 3.8) is 0 Å². The van der Waals surface area contributed by atoms with Crippen LogP contribution in [0.4, 0.5) is 10.1 Å². The van der Waals surface area contributed by atoms with Crippen LogP contribution in [-0.2, 0) is 0 Å². The summed E-state index contributed by atoms with van der Waals surface area (Å²) >= 11 is 0. The fourth-order valence-electron chi connectivity index (χ4n) is 1.69. The molecule has 1 aliphatic carbocycles. The first-order chi connectivity index (χ1) is 9.37. The van der Waals surface area contributed by atoms with E-state index in [1.54, 1.807) is 6.92 Å². The van der Waals surface area contributed by atoms with Crippen LogP contribution < -0.4 is 10.1 Å². The summed E-state index contributed by atoms with van der Waals surface area (Å²) in [6.45, 7) is 1.73. The van der Waals surface area contributed by atoms with Crippen LogP contribution in [-0.4, -0.2) is 34.8 Å². The van der Waals surface area contributed by atoms with E-state index >= 15 is 0 Å². The third kappa shape index (κ3) is 4.14. The Morgan fingerprint density at radius 3 is 2.90 bits per heavy atom. The summed E-state index contributed by atoms with van der Waals surface area (Å²) in [7, 11) is 0. The molecule has 1 unspecified atom stereocenters. The number of nitrogens with one attached hydrogen (secondary N) is 1. The highest BCUT2D eigenvalue weighted by Crippen LogP contribution is 2.28. The lowest BCUT2D eigenvalue weighted by molar-refractivity contribution is -0.386. The molecule has 110 valence electrons. The number of nitro benzene ring substituents is 1. The number of ether oxygens (including phenoxy) is 1. The number of nitrogens with zero attached hydrogens (tertiary/aromatic N) is 1. The van der Waals surface area contributed by atoms with Crippen LogP contribution in [0, 0.1) is 15.9 Å². The molecular formula is C13H17FN2O4. The minimum Gasteiger partial charge on any atom is -0.484 e. The first-order valence-electron chi connectivity index (χ1n) is 6.40. The Kier molecular flexibility index (Phi) is 4.20. The Labute approximate surface area is 115 Å². The van der Waals surface area contributed by atoms with Crippen LogP contribution in [0.15, 0.2) is 18.2 Å². The Bertz CT molecular complexity index is 503. The summed E-state index contributed by atoms with van der Waals surface area (Å²) < 4.78 is 18.3. The van der Waals surface area contributed by atoms with Crippen molar-refractivity contribution in [2.75, 3.05) is 13.2 Å². The summed E-state index contributed by atoms with van der Waals surface area (Å²) in [4.78, 5) is 10.2. The molecule has 0 aromatic heterocycles. The fourth-order valence-corrected chi connectivity index (χ4v) is 1.69. The van der Waals surface area contributed by atoms with E-state index in [0.717, 1.165) is 31.0 Å². The van der Waals surface area contributed by atoms with Gasteiger partial charge in [-0.15, -0.1) is 0 Å². The van der Waals surface area contributed by atoms with Gasteiger partial charge in [-0.2, -0.15) is 0 Å². The lowest BCUT2D eigenvalue weighted by Crippen LogP contribution is -2.43. The zero-order chi connectivity index (χ0) is 14.8. The van der Waals surface area contributed by atoms with E-state index in [1.165, 1.54) is 0 Å². The van der Waals surface area contributed by atoms with Gasteiger partial charge in [0.25, 0.3) is 0 Å². The van der Waals surface area contributed by atoms with Crippen molar-refractivity contribution in [2.45, 2.75) is 31.4 Å². The van der Waals surface area contributed by atoms with E-state index in [-0.39, 0.29) is 18.0 Å². The Morgan fingerprint density at radius 2 is 2.30 bits per heavy atom. The second-order valence-electron chi connectivity index (χ2n) is 5.31. The molecule has 0 amide bonds. The van der Waals surface area contributed by atoms with Crippen molar-refractivity contribution < 1.29 is 19.2 Å². The lowest BCUT2D eigenvalue weighted by Gasteiger charge is -2.23. The van der Waals surface area contributed by atoms with Gasteiger partial charge in [0, 0.05) is 24.7 Å². The third-order valence-electron chi connectivity index (χ3n) is 3.01. The van der Waals surface area contributed by atoms with Crippen molar-refractivity contribution in [2.24, 2.45) is 0 Å². The molecule has 0 spiro atoms. The molecule has 2 N–H and O–H groups in total. The molecule has 20 heavy (non-hydrogen) atoms. The van der Waals surface area contributed by atoms with Gasteiger partial charge in [0.2, 0.25) is 0 Å². The molecule has 2 rings (SSSR count). The molecule has 0 saturated heterocycles. The van der Waals surface area contributed by atoms with Crippen LogP contribution in [0.2, 0.25) is 0 Å². The Hall–Kier alpha value is -1.73. The van der Waals surface area contributed by atoms with Crippen molar-refractivity contribution in [1.82, 2.24) is 5.32 Å². The minimum absolute atomic E-state index is 0.156. The van der Waals surface area contributed by atoms with Gasteiger partial charge in [-0.3, -0.25) is 10.1 Å². The molecule has 1 atom stereocenters. The topological polar surface area (TPSA) is 84.6 Å². The monoisotopic (exact) mass is 284 g/mol. The normalized spacial score (nSPS) is 17.6. The minimum atomic E-state index is -1.18. The zero-order valence-electron chi connectivity index (χ0n) is 11.1. The van der Waals surface area contributed by atoms with Crippen molar-refractivity contribution in [3.05, 3.63) is 34.1 Å². The van der Waals surface area contributed by atoms with E-state index in [4.69, 9.17) is 4.74 Å². The number of hydrogen-bond acceptors (Lipinski definition) is 5. The van der Waals surface area contributed by atoms with Crippen molar-refractivity contribution >= 4 is 5.69 Å². The van der Waals surface area contributed by atoms with Gasteiger partial charge >= 0.3 is 5.69 Å². The summed E-state index contributed by atoms with van der Waals surface area (Å²) in [5.41, 5.74) is -1.50. The van der Waals surface area contributed by atoms with Gasteiger partial charge in [-0.1, -0.05) is 0 Å². The van der Waals surface area contributed by atoms with Gasteiger partial charge in [-0.25, -0.2) is 4.39 Å². The summed E-state index contributed by atoms with van der Waals surface area (Å²) in [6, 6.07) is 3.42. The number of aliphatic hydroxyl groups is 1. The molecule has 1 aromatic rings. The number of benzene rings is 1.